The minimum absolute atomic E-state index is 0.101. The third kappa shape index (κ3) is 3.78. The maximum Gasteiger partial charge on any atom is 0.255 e. The van der Waals surface area contributed by atoms with Gasteiger partial charge in [-0.15, -0.1) is 11.8 Å². The van der Waals surface area contributed by atoms with Crippen LogP contribution in [0.5, 0.6) is 0 Å². The number of amides is 1. The van der Waals surface area contributed by atoms with Gasteiger partial charge in [-0.1, -0.05) is 48.5 Å². The molecular weight excluding hydrogens is 406 g/mol. The molecule has 0 bridgehead atoms. The Hall–Kier alpha value is -3.64. The lowest BCUT2D eigenvalue weighted by Crippen LogP contribution is -2.14. The number of aromatic nitrogens is 2. The van der Waals surface area contributed by atoms with Crippen LogP contribution in [0.4, 0.5) is 5.69 Å². The molecule has 0 saturated heterocycles. The average Bonchev–Trinajstić information content (AvgIpc) is 3.43. The van der Waals surface area contributed by atoms with Crippen molar-refractivity contribution in [2.45, 2.75) is 11.1 Å². The van der Waals surface area contributed by atoms with E-state index in [0.29, 0.717) is 16.7 Å². The van der Waals surface area contributed by atoms with Gasteiger partial charge in [-0.25, -0.2) is 0 Å². The van der Waals surface area contributed by atoms with Crippen molar-refractivity contribution in [2.24, 2.45) is 0 Å². The summed E-state index contributed by atoms with van der Waals surface area (Å²) in [5, 5.41) is 3.17. The van der Waals surface area contributed by atoms with Crippen LogP contribution in [0.3, 0.4) is 0 Å². The van der Waals surface area contributed by atoms with Gasteiger partial charge in [0.1, 0.15) is 5.37 Å². The molecule has 4 aromatic rings. The Morgan fingerprint density at radius 1 is 0.935 bits per heavy atom. The van der Waals surface area contributed by atoms with Gasteiger partial charge in [-0.3, -0.25) is 14.6 Å². The van der Waals surface area contributed by atoms with Crippen molar-refractivity contribution in [3.8, 4) is 0 Å². The van der Waals surface area contributed by atoms with Gasteiger partial charge in [0.15, 0.2) is 5.78 Å². The number of nitrogens with zero attached hydrogens (tertiary/aromatic N) is 2. The van der Waals surface area contributed by atoms with E-state index in [-0.39, 0.29) is 17.1 Å². The Bertz CT molecular complexity index is 1250. The highest BCUT2D eigenvalue weighted by Crippen LogP contribution is 2.43. The van der Waals surface area contributed by atoms with Crippen LogP contribution in [-0.2, 0) is 5.75 Å². The molecule has 0 spiro atoms. The summed E-state index contributed by atoms with van der Waals surface area (Å²) in [6.45, 7) is 0. The molecule has 1 amide bonds. The van der Waals surface area contributed by atoms with E-state index >= 15 is 0 Å². The van der Waals surface area contributed by atoms with Crippen LogP contribution in [0.2, 0.25) is 0 Å². The van der Waals surface area contributed by atoms with Crippen molar-refractivity contribution in [1.29, 1.82) is 0 Å². The highest BCUT2D eigenvalue weighted by atomic mass is 32.2. The molecule has 31 heavy (non-hydrogen) atoms. The summed E-state index contributed by atoms with van der Waals surface area (Å²) in [6.07, 6.45) is 5.64. The standard InChI is InChI=1S/C25H19N3O2S/c29-23(17-6-2-1-3-7-17)18-8-4-9-19(14-18)24(30)27-21-11-13-28-22(21)16-31-25(28)20-10-5-12-26-15-20/h1-15,25H,16H2,(H,27,30)/t25-/m1/s1. The largest absolute Gasteiger partial charge is 0.332 e. The Balaban J connectivity index is 1.36. The molecule has 2 aromatic carbocycles. The number of benzene rings is 2. The number of rotatable bonds is 5. The number of fused-ring (bicyclic) bond motifs is 1. The summed E-state index contributed by atoms with van der Waals surface area (Å²) in [5.74, 6) is 0.469. The molecule has 5 rings (SSSR count). The molecule has 6 heteroatoms. The Morgan fingerprint density at radius 3 is 2.55 bits per heavy atom. The van der Waals surface area contributed by atoms with E-state index in [1.54, 1.807) is 54.4 Å². The first-order valence-electron chi connectivity index (χ1n) is 9.93. The van der Waals surface area contributed by atoms with E-state index in [9.17, 15) is 9.59 Å². The Kier molecular flexibility index (Phi) is 5.14. The predicted octanol–water partition coefficient (Wildman–Crippen LogP) is 5.16. The Morgan fingerprint density at radius 2 is 1.74 bits per heavy atom. The van der Waals surface area contributed by atoms with Crippen molar-refractivity contribution in [3.05, 3.63) is 119 Å². The van der Waals surface area contributed by atoms with Gasteiger partial charge in [-0.2, -0.15) is 0 Å². The molecule has 0 saturated carbocycles. The molecule has 1 atom stereocenters. The highest BCUT2D eigenvalue weighted by Gasteiger charge is 2.27. The van der Waals surface area contributed by atoms with Gasteiger partial charge in [-0.05, 0) is 24.3 Å². The zero-order valence-electron chi connectivity index (χ0n) is 16.6. The molecule has 1 aliphatic heterocycles. The lowest BCUT2D eigenvalue weighted by atomic mass is 10.0. The highest BCUT2D eigenvalue weighted by molar-refractivity contribution is 7.99. The molecule has 0 unspecified atom stereocenters. The van der Waals surface area contributed by atoms with E-state index in [0.717, 1.165) is 22.7 Å². The van der Waals surface area contributed by atoms with Gasteiger partial charge >= 0.3 is 0 Å². The topological polar surface area (TPSA) is 64.0 Å². The first kappa shape index (κ1) is 19.3. The zero-order chi connectivity index (χ0) is 21.2. The van der Waals surface area contributed by atoms with Crippen LogP contribution in [0.25, 0.3) is 0 Å². The van der Waals surface area contributed by atoms with Gasteiger partial charge in [0.2, 0.25) is 0 Å². The van der Waals surface area contributed by atoms with E-state index in [1.165, 1.54) is 0 Å². The summed E-state index contributed by atoms with van der Waals surface area (Å²) in [6, 6.07) is 21.8. The minimum Gasteiger partial charge on any atom is -0.332 e. The van der Waals surface area contributed by atoms with Gasteiger partial charge in [0, 0.05) is 46.6 Å². The van der Waals surface area contributed by atoms with Crippen LogP contribution in [0.15, 0.2) is 91.4 Å². The number of carbonyl (C=O) groups is 2. The van der Waals surface area contributed by atoms with Crippen LogP contribution in [0.1, 0.15) is 42.9 Å². The second-order valence-corrected chi connectivity index (χ2v) is 8.33. The normalized spacial score (nSPS) is 14.8. The van der Waals surface area contributed by atoms with Crippen LogP contribution < -0.4 is 5.32 Å². The molecule has 152 valence electrons. The lowest BCUT2D eigenvalue weighted by Gasteiger charge is -2.12. The van der Waals surface area contributed by atoms with Gasteiger partial charge < -0.3 is 9.88 Å². The molecular formula is C25H19N3O2S. The van der Waals surface area contributed by atoms with Crippen molar-refractivity contribution in [2.75, 3.05) is 5.32 Å². The van der Waals surface area contributed by atoms with Gasteiger partial charge in [0.05, 0.1) is 11.4 Å². The molecule has 5 nitrogen and oxygen atoms in total. The van der Waals surface area contributed by atoms with E-state index < -0.39 is 0 Å². The lowest BCUT2D eigenvalue weighted by molar-refractivity contribution is 0.102. The molecule has 0 radical (unpaired) electrons. The summed E-state index contributed by atoms with van der Waals surface area (Å²) in [4.78, 5) is 29.9. The summed E-state index contributed by atoms with van der Waals surface area (Å²) >= 11 is 1.80. The average molecular weight is 426 g/mol. The quantitative estimate of drug-likeness (QED) is 0.449. The van der Waals surface area contributed by atoms with Crippen molar-refractivity contribution >= 4 is 29.1 Å². The fraction of sp³-hybridized carbons (Fsp3) is 0.0800. The van der Waals surface area contributed by atoms with Crippen LogP contribution in [0, 0.1) is 0 Å². The molecule has 3 heterocycles. The minimum atomic E-state index is -0.230. The van der Waals surface area contributed by atoms with E-state index in [1.807, 2.05) is 42.7 Å². The Labute approximate surface area is 184 Å². The third-order valence-electron chi connectivity index (χ3n) is 5.30. The van der Waals surface area contributed by atoms with Gasteiger partial charge in [0.25, 0.3) is 5.91 Å². The number of hydrogen-bond donors (Lipinski definition) is 1. The maximum absolute atomic E-state index is 12.9. The fourth-order valence-corrected chi connectivity index (χ4v) is 5.05. The van der Waals surface area contributed by atoms with Crippen molar-refractivity contribution < 1.29 is 9.59 Å². The molecule has 0 fully saturated rings. The number of anilines is 1. The number of nitrogens with one attached hydrogen (secondary N) is 1. The first-order chi connectivity index (χ1) is 15.2. The summed E-state index contributed by atoms with van der Waals surface area (Å²) < 4.78 is 2.17. The van der Waals surface area contributed by atoms with Crippen LogP contribution >= 0.6 is 11.8 Å². The van der Waals surface area contributed by atoms with Crippen molar-refractivity contribution in [1.82, 2.24) is 9.55 Å². The van der Waals surface area contributed by atoms with Crippen molar-refractivity contribution in [3.63, 3.8) is 0 Å². The maximum atomic E-state index is 12.9. The smallest absolute Gasteiger partial charge is 0.255 e. The van der Waals surface area contributed by atoms with Crippen LogP contribution in [-0.4, -0.2) is 21.2 Å². The summed E-state index contributed by atoms with van der Waals surface area (Å²) in [7, 11) is 0. The first-order valence-corrected chi connectivity index (χ1v) is 11.0. The van der Waals surface area contributed by atoms with E-state index in [4.69, 9.17) is 0 Å². The number of carbonyl (C=O) groups excluding carboxylic acids is 2. The number of pyridine rings is 1. The van der Waals surface area contributed by atoms with E-state index in [2.05, 4.69) is 20.9 Å². The SMILES string of the molecule is O=C(Nc1ccn2c1CS[C@@H]2c1cccnc1)c1cccc(C(=O)c2ccccc2)c1. The molecule has 1 aliphatic rings. The second kappa shape index (κ2) is 8.24. The molecule has 2 aromatic heterocycles. The summed E-state index contributed by atoms with van der Waals surface area (Å²) in [5.41, 5.74) is 4.55. The predicted molar refractivity (Wildman–Crippen MR) is 122 cm³/mol. The molecule has 0 aliphatic carbocycles. The fourth-order valence-electron chi connectivity index (χ4n) is 3.74. The zero-order valence-corrected chi connectivity index (χ0v) is 17.4. The number of hydrogen-bond acceptors (Lipinski definition) is 4. The second-order valence-electron chi connectivity index (χ2n) is 7.26. The molecule has 1 N–H and O–H groups in total. The monoisotopic (exact) mass is 425 g/mol. The number of thioether (sulfide) groups is 1. The number of ketones is 1. The third-order valence-corrected chi connectivity index (χ3v) is 6.55.